The molecular weight excluding hydrogens is 330 g/mol. The summed E-state index contributed by atoms with van der Waals surface area (Å²) in [6.07, 6.45) is 5.54. The standard InChI is InChI=1S/C18H19N7O/c1-23-12-13(11-21-23)15-10-14-16(3-5-20-18(14)22-15)24-6-8-25(9-7-24)17(26)2-4-19/h3,5,10-12H,2,6-9H2,1H3,(H,20,22). The van der Waals surface area contributed by atoms with Gasteiger partial charge in [-0.15, -0.1) is 0 Å². The SMILES string of the molecule is Cn1cc(-c2cc3c(N4CCN(C(=O)CC#N)CC4)ccnc3[nH]2)cn1. The summed E-state index contributed by atoms with van der Waals surface area (Å²) in [7, 11) is 1.89. The number of amides is 1. The van der Waals surface area contributed by atoms with Gasteiger partial charge in [0.25, 0.3) is 0 Å². The number of rotatable bonds is 3. The van der Waals surface area contributed by atoms with E-state index in [1.54, 1.807) is 15.8 Å². The van der Waals surface area contributed by atoms with E-state index in [-0.39, 0.29) is 12.3 Å². The molecule has 1 aliphatic heterocycles. The summed E-state index contributed by atoms with van der Waals surface area (Å²) in [6.45, 7) is 2.74. The largest absolute Gasteiger partial charge is 0.367 e. The van der Waals surface area contributed by atoms with Gasteiger partial charge in [-0.3, -0.25) is 9.48 Å². The molecule has 1 aliphatic rings. The number of anilines is 1. The molecule has 0 aromatic carbocycles. The first-order valence-electron chi connectivity index (χ1n) is 8.52. The number of H-pyrrole nitrogens is 1. The predicted octanol–water partition coefficient (Wildman–Crippen LogP) is 1.53. The Morgan fingerprint density at radius 1 is 1.35 bits per heavy atom. The Morgan fingerprint density at radius 2 is 2.15 bits per heavy atom. The van der Waals surface area contributed by atoms with Gasteiger partial charge in [0.05, 0.1) is 18.0 Å². The molecule has 26 heavy (non-hydrogen) atoms. The maximum Gasteiger partial charge on any atom is 0.236 e. The van der Waals surface area contributed by atoms with Crippen LogP contribution in [0.25, 0.3) is 22.3 Å². The van der Waals surface area contributed by atoms with E-state index in [2.05, 4.69) is 26.0 Å². The van der Waals surface area contributed by atoms with Gasteiger partial charge in [-0.2, -0.15) is 10.4 Å². The molecule has 1 fully saturated rings. The topological polar surface area (TPSA) is 93.8 Å². The lowest BCUT2D eigenvalue weighted by molar-refractivity contribution is -0.130. The summed E-state index contributed by atoms with van der Waals surface area (Å²) in [5.41, 5.74) is 3.94. The number of carbonyl (C=O) groups excluding carboxylic acids is 1. The molecule has 0 atom stereocenters. The average Bonchev–Trinajstić information content (AvgIpc) is 3.27. The molecule has 0 unspecified atom stereocenters. The van der Waals surface area contributed by atoms with E-state index in [1.807, 2.05) is 31.6 Å². The molecule has 0 saturated carbocycles. The van der Waals surface area contributed by atoms with Crippen molar-refractivity contribution in [3.63, 3.8) is 0 Å². The molecule has 0 aliphatic carbocycles. The molecule has 8 heteroatoms. The Kier molecular flexibility index (Phi) is 4.05. The van der Waals surface area contributed by atoms with Crippen LogP contribution in [-0.2, 0) is 11.8 Å². The van der Waals surface area contributed by atoms with Crippen molar-refractivity contribution in [2.45, 2.75) is 6.42 Å². The highest BCUT2D eigenvalue weighted by Crippen LogP contribution is 2.30. The van der Waals surface area contributed by atoms with Gasteiger partial charge in [0, 0.05) is 62.3 Å². The molecule has 0 radical (unpaired) electrons. The molecular formula is C18H19N7O. The molecule has 1 N–H and O–H groups in total. The number of nitrogens with zero attached hydrogens (tertiary/aromatic N) is 6. The zero-order valence-corrected chi connectivity index (χ0v) is 14.5. The van der Waals surface area contributed by atoms with Crippen LogP contribution in [-0.4, -0.2) is 56.7 Å². The number of nitrogens with one attached hydrogen (secondary N) is 1. The van der Waals surface area contributed by atoms with Gasteiger partial charge in [-0.25, -0.2) is 4.98 Å². The maximum absolute atomic E-state index is 11.9. The van der Waals surface area contributed by atoms with Crippen LogP contribution in [0.1, 0.15) is 6.42 Å². The van der Waals surface area contributed by atoms with Gasteiger partial charge in [-0.05, 0) is 12.1 Å². The van der Waals surface area contributed by atoms with Crippen molar-refractivity contribution in [1.82, 2.24) is 24.6 Å². The van der Waals surface area contributed by atoms with Gasteiger partial charge >= 0.3 is 0 Å². The monoisotopic (exact) mass is 349 g/mol. The first-order valence-corrected chi connectivity index (χ1v) is 8.52. The van der Waals surface area contributed by atoms with E-state index in [1.165, 1.54) is 0 Å². The predicted molar refractivity (Wildman–Crippen MR) is 97.3 cm³/mol. The van der Waals surface area contributed by atoms with Crippen LogP contribution < -0.4 is 4.90 Å². The van der Waals surface area contributed by atoms with Crippen molar-refractivity contribution >= 4 is 22.6 Å². The minimum atomic E-state index is -0.0902. The Balaban J connectivity index is 1.59. The molecule has 8 nitrogen and oxygen atoms in total. The van der Waals surface area contributed by atoms with E-state index < -0.39 is 0 Å². The Bertz CT molecular complexity index is 989. The number of hydrogen-bond donors (Lipinski definition) is 1. The number of pyridine rings is 1. The van der Waals surface area contributed by atoms with E-state index in [9.17, 15) is 4.79 Å². The van der Waals surface area contributed by atoms with Gasteiger partial charge in [0.15, 0.2) is 0 Å². The number of hydrogen-bond acceptors (Lipinski definition) is 5. The lowest BCUT2D eigenvalue weighted by atomic mass is 10.2. The highest BCUT2D eigenvalue weighted by atomic mass is 16.2. The summed E-state index contributed by atoms with van der Waals surface area (Å²) < 4.78 is 1.77. The first-order chi connectivity index (χ1) is 12.7. The quantitative estimate of drug-likeness (QED) is 0.774. The number of carbonyl (C=O) groups is 1. The second kappa shape index (κ2) is 6.52. The average molecular weight is 349 g/mol. The van der Waals surface area contributed by atoms with Gasteiger partial charge < -0.3 is 14.8 Å². The summed E-state index contributed by atoms with van der Waals surface area (Å²) in [4.78, 5) is 23.7. The van der Waals surface area contributed by atoms with Crippen LogP contribution in [0.5, 0.6) is 0 Å². The van der Waals surface area contributed by atoms with Crippen LogP contribution in [0.3, 0.4) is 0 Å². The van der Waals surface area contributed by atoms with E-state index in [0.29, 0.717) is 13.1 Å². The number of piperazine rings is 1. The third-order valence-electron chi connectivity index (χ3n) is 4.73. The Hall–Kier alpha value is -3.34. The van der Waals surface area contributed by atoms with Gasteiger partial charge in [0.1, 0.15) is 12.1 Å². The fourth-order valence-electron chi connectivity index (χ4n) is 3.38. The summed E-state index contributed by atoms with van der Waals surface area (Å²) in [5.74, 6) is -0.0902. The zero-order chi connectivity index (χ0) is 18.1. The molecule has 0 spiro atoms. The molecule has 132 valence electrons. The fourth-order valence-corrected chi connectivity index (χ4v) is 3.38. The van der Waals surface area contributed by atoms with Crippen molar-refractivity contribution in [1.29, 1.82) is 5.26 Å². The van der Waals surface area contributed by atoms with E-state index in [0.717, 1.165) is 41.1 Å². The number of aromatic nitrogens is 4. The smallest absolute Gasteiger partial charge is 0.236 e. The number of aryl methyl sites for hydroxylation is 1. The number of aromatic amines is 1. The summed E-state index contributed by atoms with van der Waals surface area (Å²) in [6, 6.07) is 6.04. The fraction of sp³-hybridized carbons (Fsp3) is 0.333. The van der Waals surface area contributed by atoms with Crippen molar-refractivity contribution in [2.75, 3.05) is 31.1 Å². The maximum atomic E-state index is 11.9. The highest BCUT2D eigenvalue weighted by Gasteiger charge is 2.22. The van der Waals surface area contributed by atoms with Crippen molar-refractivity contribution < 1.29 is 4.79 Å². The summed E-state index contributed by atoms with van der Waals surface area (Å²) >= 11 is 0. The highest BCUT2D eigenvalue weighted by molar-refractivity contribution is 5.93. The van der Waals surface area contributed by atoms with E-state index >= 15 is 0 Å². The minimum absolute atomic E-state index is 0.0498. The Labute approximate surface area is 150 Å². The van der Waals surface area contributed by atoms with Crippen molar-refractivity contribution in [3.8, 4) is 17.3 Å². The van der Waals surface area contributed by atoms with Crippen LogP contribution in [0.2, 0.25) is 0 Å². The lowest BCUT2D eigenvalue weighted by Gasteiger charge is -2.36. The first kappa shape index (κ1) is 16.1. The molecule has 1 saturated heterocycles. The van der Waals surface area contributed by atoms with Gasteiger partial charge in [-0.1, -0.05) is 0 Å². The molecule has 3 aromatic heterocycles. The van der Waals surface area contributed by atoms with Crippen LogP contribution in [0.4, 0.5) is 5.69 Å². The summed E-state index contributed by atoms with van der Waals surface area (Å²) in [5, 5.41) is 14.0. The zero-order valence-electron chi connectivity index (χ0n) is 14.5. The van der Waals surface area contributed by atoms with Crippen molar-refractivity contribution in [3.05, 3.63) is 30.7 Å². The van der Waals surface area contributed by atoms with E-state index in [4.69, 9.17) is 5.26 Å². The molecule has 1 amide bonds. The van der Waals surface area contributed by atoms with Gasteiger partial charge in [0.2, 0.25) is 5.91 Å². The van der Waals surface area contributed by atoms with Crippen LogP contribution >= 0.6 is 0 Å². The second-order valence-electron chi connectivity index (χ2n) is 6.38. The normalized spacial score (nSPS) is 14.6. The van der Waals surface area contributed by atoms with Crippen molar-refractivity contribution in [2.24, 2.45) is 7.05 Å². The Morgan fingerprint density at radius 3 is 2.85 bits per heavy atom. The lowest BCUT2D eigenvalue weighted by Crippen LogP contribution is -2.48. The minimum Gasteiger partial charge on any atom is -0.367 e. The second-order valence-corrected chi connectivity index (χ2v) is 6.38. The molecule has 3 aromatic rings. The number of fused-ring (bicyclic) bond motifs is 1. The van der Waals surface area contributed by atoms with Crippen LogP contribution in [0, 0.1) is 11.3 Å². The molecule has 4 rings (SSSR count). The molecule has 0 bridgehead atoms. The third kappa shape index (κ3) is 2.88. The number of nitriles is 1. The molecule has 4 heterocycles. The third-order valence-corrected chi connectivity index (χ3v) is 4.73. The van der Waals surface area contributed by atoms with Crippen LogP contribution in [0.15, 0.2) is 30.7 Å².